The van der Waals surface area contributed by atoms with E-state index in [1.807, 2.05) is 0 Å². The molecule has 3 aromatic rings. The third-order valence-corrected chi connectivity index (χ3v) is 3.15. The van der Waals surface area contributed by atoms with Crippen LogP contribution in [-0.4, -0.2) is 11.1 Å². The van der Waals surface area contributed by atoms with Gasteiger partial charge in [-0.2, -0.15) is 0 Å². The summed E-state index contributed by atoms with van der Waals surface area (Å²) in [7, 11) is 0. The van der Waals surface area contributed by atoms with Crippen molar-refractivity contribution in [3.63, 3.8) is 0 Å². The maximum atomic E-state index is 13.5. The minimum absolute atomic E-state index is 0.139. The van der Waals surface area contributed by atoms with Gasteiger partial charge in [0.25, 0.3) is 0 Å². The first-order valence-corrected chi connectivity index (χ1v) is 6.13. The van der Waals surface area contributed by atoms with E-state index in [2.05, 4.69) is 0 Å². The van der Waals surface area contributed by atoms with Crippen LogP contribution < -0.4 is 5.63 Å². The Morgan fingerprint density at radius 3 is 2.43 bits per heavy atom. The maximum Gasteiger partial charge on any atom is 0.372 e. The van der Waals surface area contributed by atoms with Crippen molar-refractivity contribution in [3.05, 3.63) is 70.5 Å². The van der Waals surface area contributed by atoms with Gasteiger partial charge in [0, 0.05) is 10.9 Å². The third-order valence-electron chi connectivity index (χ3n) is 3.15. The number of rotatable bonds is 2. The van der Waals surface area contributed by atoms with Gasteiger partial charge in [-0.1, -0.05) is 30.3 Å². The fourth-order valence-corrected chi connectivity index (χ4v) is 2.26. The predicted molar refractivity (Wildman–Crippen MR) is 74.8 cm³/mol. The van der Waals surface area contributed by atoms with E-state index in [0.717, 1.165) is 12.1 Å². The molecule has 0 bridgehead atoms. The summed E-state index contributed by atoms with van der Waals surface area (Å²) in [6.07, 6.45) is 0. The van der Waals surface area contributed by atoms with Crippen LogP contribution in [0.5, 0.6) is 0 Å². The molecule has 0 aliphatic carbocycles. The topological polar surface area (TPSA) is 67.5 Å². The van der Waals surface area contributed by atoms with E-state index >= 15 is 0 Å². The van der Waals surface area contributed by atoms with Gasteiger partial charge in [0.15, 0.2) is 0 Å². The molecule has 4 nitrogen and oxygen atoms in total. The Labute approximate surface area is 118 Å². The molecule has 2 aromatic carbocycles. The fourth-order valence-electron chi connectivity index (χ4n) is 2.26. The molecule has 104 valence electrons. The Hall–Kier alpha value is -2.95. The van der Waals surface area contributed by atoms with Gasteiger partial charge < -0.3 is 9.52 Å². The minimum Gasteiger partial charge on any atom is -0.475 e. The molecule has 1 heterocycles. The molecule has 0 atom stereocenters. The van der Waals surface area contributed by atoms with Crippen LogP contribution in [0.3, 0.4) is 0 Å². The van der Waals surface area contributed by atoms with Crippen molar-refractivity contribution in [1.82, 2.24) is 0 Å². The Balaban J connectivity index is 2.52. The first-order chi connectivity index (χ1) is 10.1. The van der Waals surface area contributed by atoms with Crippen LogP contribution in [0.15, 0.2) is 57.7 Å². The second kappa shape index (κ2) is 4.86. The number of benzene rings is 2. The fraction of sp³-hybridized carbons (Fsp3) is 0. The quantitative estimate of drug-likeness (QED) is 0.784. The van der Waals surface area contributed by atoms with Crippen LogP contribution in [0, 0.1) is 5.82 Å². The molecule has 0 radical (unpaired) electrons. The van der Waals surface area contributed by atoms with Crippen molar-refractivity contribution < 1.29 is 18.7 Å². The van der Waals surface area contributed by atoms with Crippen LogP contribution in [0.25, 0.3) is 21.9 Å². The number of carbonyl (C=O) groups is 1. The average Bonchev–Trinajstić information content (AvgIpc) is 2.47. The minimum atomic E-state index is -1.38. The van der Waals surface area contributed by atoms with E-state index in [9.17, 15) is 19.1 Å². The van der Waals surface area contributed by atoms with Crippen molar-refractivity contribution in [2.45, 2.75) is 0 Å². The number of hydrogen-bond acceptors (Lipinski definition) is 3. The second-order valence-corrected chi connectivity index (χ2v) is 4.45. The molecule has 0 aliphatic heterocycles. The van der Waals surface area contributed by atoms with Crippen molar-refractivity contribution in [2.24, 2.45) is 0 Å². The van der Waals surface area contributed by atoms with E-state index in [-0.39, 0.29) is 16.3 Å². The van der Waals surface area contributed by atoms with Crippen LogP contribution in [0.2, 0.25) is 0 Å². The summed E-state index contributed by atoms with van der Waals surface area (Å²) in [6, 6.07) is 12.1. The van der Waals surface area contributed by atoms with Gasteiger partial charge in [0.1, 0.15) is 5.82 Å². The van der Waals surface area contributed by atoms with Gasteiger partial charge in [0.05, 0.1) is 5.39 Å². The molecular formula is C16H9FO4. The van der Waals surface area contributed by atoms with E-state index in [1.165, 1.54) is 6.07 Å². The van der Waals surface area contributed by atoms with Gasteiger partial charge in [-0.3, -0.25) is 0 Å². The molecule has 1 aromatic heterocycles. The van der Waals surface area contributed by atoms with Crippen molar-refractivity contribution >= 4 is 16.7 Å². The molecule has 0 saturated heterocycles. The van der Waals surface area contributed by atoms with Crippen LogP contribution in [0.4, 0.5) is 4.39 Å². The van der Waals surface area contributed by atoms with Gasteiger partial charge in [0.2, 0.25) is 5.76 Å². The molecule has 3 rings (SSSR count). The highest BCUT2D eigenvalue weighted by Gasteiger charge is 2.20. The van der Waals surface area contributed by atoms with Crippen LogP contribution in [0.1, 0.15) is 10.6 Å². The largest absolute Gasteiger partial charge is 0.475 e. The number of halogens is 1. The van der Waals surface area contributed by atoms with Crippen molar-refractivity contribution in [3.8, 4) is 11.1 Å². The molecule has 0 amide bonds. The Bertz CT molecular complexity index is 897. The Morgan fingerprint density at radius 2 is 1.76 bits per heavy atom. The SMILES string of the molecule is O=C(O)c1oc(=O)c2ccc(F)cc2c1-c1ccccc1. The first kappa shape index (κ1) is 13.1. The summed E-state index contributed by atoms with van der Waals surface area (Å²) in [6.45, 7) is 0. The number of carboxylic acid groups (broad SMARTS) is 1. The van der Waals surface area contributed by atoms with Gasteiger partial charge in [-0.05, 0) is 23.8 Å². The first-order valence-electron chi connectivity index (χ1n) is 6.13. The van der Waals surface area contributed by atoms with Crippen molar-refractivity contribution in [2.75, 3.05) is 0 Å². The smallest absolute Gasteiger partial charge is 0.372 e. The highest BCUT2D eigenvalue weighted by Crippen LogP contribution is 2.31. The normalized spacial score (nSPS) is 10.7. The monoisotopic (exact) mass is 284 g/mol. The lowest BCUT2D eigenvalue weighted by Crippen LogP contribution is -2.09. The Morgan fingerprint density at radius 1 is 1.05 bits per heavy atom. The van der Waals surface area contributed by atoms with E-state index in [0.29, 0.717) is 5.56 Å². The van der Waals surface area contributed by atoms with E-state index < -0.39 is 23.2 Å². The van der Waals surface area contributed by atoms with Crippen molar-refractivity contribution in [1.29, 1.82) is 0 Å². The highest BCUT2D eigenvalue weighted by atomic mass is 19.1. The number of hydrogen-bond donors (Lipinski definition) is 1. The van der Waals surface area contributed by atoms with Gasteiger partial charge in [-0.25, -0.2) is 14.0 Å². The molecule has 1 N–H and O–H groups in total. The lowest BCUT2D eigenvalue weighted by atomic mass is 9.98. The molecule has 0 fully saturated rings. The van der Waals surface area contributed by atoms with Crippen LogP contribution in [-0.2, 0) is 0 Å². The molecule has 5 heteroatoms. The summed E-state index contributed by atoms with van der Waals surface area (Å²) in [5, 5.41) is 9.61. The summed E-state index contributed by atoms with van der Waals surface area (Å²) < 4.78 is 18.4. The van der Waals surface area contributed by atoms with E-state index in [4.69, 9.17) is 4.42 Å². The predicted octanol–water partition coefficient (Wildman–Crippen LogP) is 3.30. The highest BCUT2D eigenvalue weighted by molar-refractivity contribution is 6.04. The average molecular weight is 284 g/mol. The lowest BCUT2D eigenvalue weighted by molar-refractivity contribution is 0.0659. The van der Waals surface area contributed by atoms with Crippen LogP contribution >= 0.6 is 0 Å². The Kier molecular flexibility index (Phi) is 3.02. The third kappa shape index (κ3) is 2.18. The second-order valence-electron chi connectivity index (χ2n) is 4.45. The number of carboxylic acids is 1. The summed E-state index contributed by atoms with van der Waals surface area (Å²) in [5.41, 5.74) is -0.0754. The zero-order chi connectivity index (χ0) is 15.0. The van der Waals surface area contributed by atoms with Gasteiger partial charge in [-0.15, -0.1) is 0 Å². The van der Waals surface area contributed by atoms with E-state index in [1.54, 1.807) is 30.3 Å². The molecule has 0 saturated carbocycles. The molecule has 0 aliphatic rings. The summed E-state index contributed by atoms with van der Waals surface area (Å²) in [4.78, 5) is 23.2. The van der Waals surface area contributed by atoms with Gasteiger partial charge >= 0.3 is 11.6 Å². The maximum absolute atomic E-state index is 13.5. The molecular weight excluding hydrogens is 275 g/mol. The lowest BCUT2D eigenvalue weighted by Gasteiger charge is -2.09. The zero-order valence-corrected chi connectivity index (χ0v) is 10.7. The zero-order valence-electron chi connectivity index (χ0n) is 10.7. The molecule has 0 unspecified atom stereocenters. The number of aromatic carboxylic acids is 1. The standard InChI is InChI=1S/C16H9FO4/c17-10-6-7-11-12(8-10)13(9-4-2-1-3-5-9)14(15(18)19)21-16(11)20/h1-8H,(H,18,19). The molecule has 0 spiro atoms. The summed E-state index contributed by atoms with van der Waals surface area (Å²) >= 11 is 0. The number of fused-ring (bicyclic) bond motifs is 1. The summed E-state index contributed by atoms with van der Waals surface area (Å²) in [5.74, 6) is -2.43. The molecule has 21 heavy (non-hydrogen) atoms.